The van der Waals surface area contributed by atoms with Crippen molar-refractivity contribution in [1.82, 2.24) is 19.9 Å². The first-order valence-corrected chi connectivity index (χ1v) is 9.73. The molecular weight excluding hydrogens is 369 g/mol. The Bertz CT molecular complexity index is 1050. The number of halogens is 1. The first-order chi connectivity index (χ1) is 13.9. The molecule has 1 aliphatic heterocycles. The molecule has 1 aromatic heterocycles. The lowest BCUT2D eigenvalue weighted by atomic mass is 10.1. The zero-order valence-electron chi connectivity index (χ0n) is 16.9. The van der Waals surface area contributed by atoms with Crippen molar-refractivity contribution in [3.8, 4) is 5.69 Å². The number of hydrogen-bond donors (Lipinski definition) is 0. The van der Waals surface area contributed by atoms with E-state index in [0.29, 0.717) is 30.0 Å². The van der Waals surface area contributed by atoms with Crippen LogP contribution in [0, 0.1) is 26.6 Å². The van der Waals surface area contributed by atoms with Crippen molar-refractivity contribution in [2.45, 2.75) is 20.8 Å². The van der Waals surface area contributed by atoms with E-state index in [1.54, 1.807) is 25.3 Å². The molecule has 0 unspecified atom stereocenters. The van der Waals surface area contributed by atoms with Gasteiger partial charge in [-0.1, -0.05) is 22.9 Å². The summed E-state index contributed by atoms with van der Waals surface area (Å²) in [6.45, 7) is 8.73. The van der Waals surface area contributed by atoms with E-state index >= 15 is 0 Å². The van der Waals surface area contributed by atoms with Crippen molar-refractivity contribution in [3.63, 3.8) is 0 Å². The molecule has 0 radical (unpaired) electrons. The molecule has 7 heteroatoms. The Balaban J connectivity index is 1.43. The molecule has 0 N–H and O–H groups in total. The summed E-state index contributed by atoms with van der Waals surface area (Å²) < 4.78 is 15.0. The second-order valence-electron chi connectivity index (χ2n) is 7.55. The molecule has 4 rings (SSSR count). The lowest BCUT2D eigenvalue weighted by molar-refractivity contribution is 0.0740. The SMILES string of the molecule is Cc1ccc(N2CCN(C(=O)c3cn(-c4ccc(F)c(C)c4)nn3)CC2)c(C)c1. The zero-order chi connectivity index (χ0) is 20.5. The predicted octanol–water partition coefficient (Wildman–Crippen LogP) is 3.29. The molecule has 0 aliphatic carbocycles. The highest BCUT2D eigenvalue weighted by Gasteiger charge is 2.25. The molecule has 3 aromatic rings. The summed E-state index contributed by atoms with van der Waals surface area (Å²) in [6.07, 6.45) is 1.60. The Kier molecular flexibility index (Phi) is 5.05. The highest BCUT2D eigenvalue weighted by atomic mass is 19.1. The maximum atomic E-state index is 13.5. The van der Waals surface area contributed by atoms with Crippen LogP contribution in [0.3, 0.4) is 0 Å². The van der Waals surface area contributed by atoms with Crippen LogP contribution in [0.25, 0.3) is 5.69 Å². The van der Waals surface area contributed by atoms with Gasteiger partial charge in [0.15, 0.2) is 5.69 Å². The molecule has 2 heterocycles. The molecule has 1 fully saturated rings. The highest BCUT2D eigenvalue weighted by molar-refractivity contribution is 5.92. The van der Waals surface area contributed by atoms with Crippen LogP contribution in [0.1, 0.15) is 27.2 Å². The molecule has 2 aromatic carbocycles. The van der Waals surface area contributed by atoms with Gasteiger partial charge in [-0.2, -0.15) is 0 Å². The summed E-state index contributed by atoms with van der Waals surface area (Å²) in [5, 5.41) is 8.08. The quantitative estimate of drug-likeness (QED) is 0.685. The Morgan fingerprint density at radius 3 is 2.41 bits per heavy atom. The number of benzene rings is 2. The Morgan fingerprint density at radius 1 is 0.966 bits per heavy atom. The summed E-state index contributed by atoms with van der Waals surface area (Å²) in [6, 6.07) is 11.1. The van der Waals surface area contributed by atoms with E-state index in [4.69, 9.17) is 0 Å². The fraction of sp³-hybridized carbons (Fsp3) is 0.318. The van der Waals surface area contributed by atoms with E-state index in [1.807, 2.05) is 4.90 Å². The molecule has 0 spiro atoms. The minimum absolute atomic E-state index is 0.129. The Morgan fingerprint density at radius 2 is 1.72 bits per heavy atom. The summed E-state index contributed by atoms with van der Waals surface area (Å²) in [4.78, 5) is 17.0. The number of amides is 1. The summed E-state index contributed by atoms with van der Waals surface area (Å²) >= 11 is 0. The number of piperazine rings is 1. The predicted molar refractivity (Wildman–Crippen MR) is 110 cm³/mol. The van der Waals surface area contributed by atoms with Crippen LogP contribution in [-0.4, -0.2) is 52.0 Å². The maximum Gasteiger partial charge on any atom is 0.276 e. The number of nitrogens with zero attached hydrogens (tertiary/aromatic N) is 5. The molecule has 0 atom stereocenters. The standard InChI is InChI=1S/C22H24FN5O/c1-15-4-7-21(17(3)12-15)26-8-10-27(11-9-26)22(29)20-14-28(25-24-20)18-5-6-19(23)16(2)13-18/h4-7,12-14H,8-11H2,1-3H3. The monoisotopic (exact) mass is 393 g/mol. The molecule has 150 valence electrons. The van der Waals surface area contributed by atoms with Gasteiger partial charge in [-0.25, -0.2) is 9.07 Å². The van der Waals surface area contributed by atoms with Crippen molar-refractivity contribution in [2.75, 3.05) is 31.1 Å². The molecule has 0 saturated carbocycles. The van der Waals surface area contributed by atoms with Crippen molar-refractivity contribution in [3.05, 3.63) is 70.8 Å². The van der Waals surface area contributed by atoms with Crippen LogP contribution in [0.15, 0.2) is 42.6 Å². The number of carbonyl (C=O) groups is 1. The third kappa shape index (κ3) is 3.85. The second kappa shape index (κ2) is 7.66. The van der Waals surface area contributed by atoms with Crippen LogP contribution in [0.4, 0.5) is 10.1 Å². The van der Waals surface area contributed by atoms with E-state index in [0.717, 1.165) is 13.1 Å². The average Bonchev–Trinajstić information content (AvgIpc) is 3.20. The summed E-state index contributed by atoms with van der Waals surface area (Å²) in [5.41, 5.74) is 5.22. The van der Waals surface area contributed by atoms with Crippen LogP contribution in [0.5, 0.6) is 0 Å². The van der Waals surface area contributed by atoms with E-state index in [2.05, 4.69) is 47.3 Å². The zero-order valence-corrected chi connectivity index (χ0v) is 16.9. The van der Waals surface area contributed by atoms with Gasteiger partial charge in [0, 0.05) is 31.9 Å². The molecule has 1 amide bonds. The van der Waals surface area contributed by atoms with Gasteiger partial charge in [-0.3, -0.25) is 4.79 Å². The van der Waals surface area contributed by atoms with Gasteiger partial charge in [0.05, 0.1) is 11.9 Å². The van der Waals surface area contributed by atoms with Gasteiger partial charge in [0.1, 0.15) is 5.82 Å². The van der Waals surface area contributed by atoms with Crippen LogP contribution >= 0.6 is 0 Å². The van der Waals surface area contributed by atoms with Crippen LogP contribution in [-0.2, 0) is 0 Å². The van der Waals surface area contributed by atoms with Gasteiger partial charge in [0.2, 0.25) is 0 Å². The highest BCUT2D eigenvalue weighted by Crippen LogP contribution is 2.23. The van der Waals surface area contributed by atoms with E-state index in [1.165, 1.54) is 27.6 Å². The average molecular weight is 393 g/mol. The van der Waals surface area contributed by atoms with Crippen molar-refractivity contribution >= 4 is 11.6 Å². The lowest BCUT2D eigenvalue weighted by Gasteiger charge is -2.36. The molecule has 1 aliphatic rings. The fourth-order valence-electron chi connectivity index (χ4n) is 3.73. The topological polar surface area (TPSA) is 54.3 Å². The summed E-state index contributed by atoms with van der Waals surface area (Å²) in [5.74, 6) is -0.401. The first-order valence-electron chi connectivity index (χ1n) is 9.73. The van der Waals surface area contributed by atoms with Crippen molar-refractivity contribution in [2.24, 2.45) is 0 Å². The van der Waals surface area contributed by atoms with Crippen molar-refractivity contribution < 1.29 is 9.18 Å². The number of anilines is 1. The number of aromatic nitrogens is 3. The van der Waals surface area contributed by atoms with Gasteiger partial charge >= 0.3 is 0 Å². The Hall–Kier alpha value is -3.22. The second-order valence-corrected chi connectivity index (χ2v) is 7.55. The van der Waals surface area contributed by atoms with Gasteiger partial charge in [-0.15, -0.1) is 5.10 Å². The number of carbonyl (C=O) groups excluding carboxylic acids is 1. The van der Waals surface area contributed by atoms with E-state index in [-0.39, 0.29) is 11.7 Å². The van der Waals surface area contributed by atoms with Crippen LogP contribution in [0.2, 0.25) is 0 Å². The normalized spacial score (nSPS) is 14.3. The van der Waals surface area contributed by atoms with E-state index < -0.39 is 0 Å². The first kappa shape index (κ1) is 19.1. The largest absolute Gasteiger partial charge is 0.368 e. The summed E-state index contributed by atoms with van der Waals surface area (Å²) in [7, 11) is 0. The van der Waals surface area contributed by atoms with Crippen LogP contribution < -0.4 is 4.90 Å². The molecule has 6 nitrogen and oxygen atoms in total. The minimum Gasteiger partial charge on any atom is -0.368 e. The molecule has 1 saturated heterocycles. The third-order valence-corrected chi connectivity index (χ3v) is 5.38. The number of aryl methyl sites for hydroxylation is 3. The smallest absolute Gasteiger partial charge is 0.276 e. The number of rotatable bonds is 3. The molecular formula is C22H24FN5O. The Labute approximate surface area is 169 Å². The molecule has 29 heavy (non-hydrogen) atoms. The number of hydrogen-bond acceptors (Lipinski definition) is 4. The molecule has 0 bridgehead atoms. The minimum atomic E-state index is -0.271. The van der Waals surface area contributed by atoms with Gasteiger partial charge < -0.3 is 9.80 Å². The lowest BCUT2D eigenvalue weighted by Crippen LogP contribution is -2.49. The van der Waals surface area contributed by atoms with E-state index in [9.17, 15) is 9.18 Å². The third-order valence-electron chi connectivity index (χ3n) is 5.38. The van der Waals surface area contributed by atoms with Gasteiger partial charge in [-0.05, 0) is 56.2 Å². The maximum absolute atomic E-state index is 13.5. The fourth-order valence-corrected chi connectivity index (χ4v) is 3.73. The van der Waals surface area contributed by atoms with Gasteiger partial charge in [0.25, 0.3) is 5.91 Å². The van der Waals surface area contributed by atoms with Crippen molar-refractivity contribution in [1.29, 1.82) is 0 Å².